The van der Waals surface area contributed by atoms with E-state index in [9.17, 15) is 4.79 Å². The minimum absolute atomic E-state index is 0.202. The van der Waals surface area contributed by atoms with Crippen LogP contribution < -0.4 is 5.32 Å². The van der Waals surface area contributed by atoms with Crippen LogP contribution >= 0.6 is 0 Å². The maximum atomic E-state index is 12.3. The van der Waals surface area contributed by atoms with E-state index in [2.05, 4.69) is 25.8 Å². The topological polar surface area (TPSA) is 85.6 Å². The second kappa shape index (κ2) is 5.91. The van der Waals surface area contributed by atoms with Crippen LogP contribution in [-0.2, 0) is 6.54 Å². The van der Waals surface area contributed by atoms with Crippen molar-refractivity contribution in [3.63, 3.8) is 0 Å². The Bertz CT molecular complexity index is 726. The summed E-state index contributed by atoms with van der Waals surface area (Å²) in [6, 6.07) is 12.7. The van der Waals surface area contributed by atoms with E-state index in [-0.39, 0.29) is 5.91 Å². The van der Waals surface area contributed by atoms with Gasteiger partial charge in [0.15, 0.2) is 0 Å². The Kier molecular flexibility index (Phi) is 3.64. The number of rotatable bonds is 4. The van der Waals surface area contributed by atoms with Gasteiger partial charge in [-0.15, -0.1) is 5.10 Å². The molecule has 0 radical (unpaired) electrons. The first-order valence-electron chi connectivity index (χ1n) is 6.35. The summed E-state index contributed by atoms with van der Waals surface area (Å²) in [7, 11) is 0. The predicted octanol–water partition coefficient (Wildman–Crippen LogP) is 0.987. The molecule has 0 aliphatic heterocycles. The molecular formula is C14H12N6O. The molecule has 0 atom stereocenters. The van der Waals surface area contributed by atoms with E-state index in [0.717, 1.165) is 5.69 Å². The number of pyridine rings is 1. The van der Waals surface area contributed by atoms with Gasteiger partial charge in [-0.3, -0.25) is 9.78 Å². The lowest BCUT2D eigenvalue weighted by molar-refractivity contribution is 0.0950. The van der Waals surface area contributed by atoms with E-state index in [1.54, 1.807) is 24.4 Å². The lowest BCUT2D eigenvalue weighted by Gasteiger charge is -2.09. The van der Waals surface area contributed by atoms with Crippen molar-refractivity contribution in [3.8, 4) is 5.69 Å². The Hall–Kier alpha value is -3.09. The lowest BCUT2D eigenvalue weighted by atomic mass is 10.1. The molecule has 21 heavy (non-hydrogen) atoms. The molecule has 7 nitrogen and oxygen atoms in total. The summed E-state index contributed by atoms with van der Waals surface area (Å²) < 4.78 is 1.45. The summed E-state index contributed by atoms with van der Waals surface area (Å²) >= 11 is 0. The first-order valence-corrected chi connectivity index (χ1v) is 6.35. The molecule has 0 bridgehead atoms. The quantitative estimate of drug-likeness (QED) is 0.770. The molecule has 0 saturated heterocycles. The molecule has 1 aromatic carbocycles. The number of hydrogen-bond acceptors (Lipinski definition) is 5. The van der Waals surface area contributed by atoms with Crippen LogP contribution in [0.2, 0.25) is 0 Å². The highest BCUT2D eigenvalue weighted by molar-refractivity contribution is 5.97. The third kappa shape index (κ3) is 2.92. The second-order valence-corrected chi connectivity index (χ2v) is 4.28. The van der Waals surface area contributed by atoms with Gasteiger partial charge in [-0.25, -0.2) is 0 Å². The number of benzene rings is 1. The molecule has 0 spiro atoms. The van der Waals surface area contributed by atoms with Gasteiger partial charge >= 0.3 is 0 Å². The van der Waals surface area contributed by atoms with Crippen molar-refractivity contribution in [3.05, 3.63) is 66.2 Å². The van der Waals surface area contributed by atoms with Gasteiger partial charge < -0.3 is 5.32 Å². The summed E-state index contributed by atoms with van der Waals surface area (Å²) in [5.41, 5.74) is 1.92. The van der Waals surface area contributed by atoms with Gasteiger partial charge in [0.1, 0.15) is 6.33 Å². The van der Waals surface area contributed by atoms with Crippen LogP contribution in [0.15, 0.2) is 55.0 Å². The van der Waals surface area contributed by atoms with Crippen molar-refractivity contribution >= 4 is 5.91 Å². The van der Waals surface area contributed by atoms with Gasteiger partial charge in [0.05, 0.1) is 23.5 Å². The monoisotopic (exact) mass is 280 g/mol. The minimum Gasteiger partial charge on any atom is -0.346 e. The summed E-state index contributed by atoms with van der Waals surface area (Å²) in [6.45, 7) is 0.365. The molecule has 0 unspecified atom stereocenters. The summed E-state index contributed by atoms with van der Waals surface area (Å²) in [5.74, 6) is -0.202. The molecule has 0 fully saturated rings. The molecule has 2 heterocycles. The first-order chi connectivity index (χ1) is 10.3. The minimum atomic E-state index is -0.202. The fourth-order valence-corrected chi connectivity index (χ4v) is 1.91. The zero-order valence-corrected chi connectivity index (χ0v) is 11.0. The van der Waals surface area contributed by atoms with Crippen LogP contribution in [-0.4, -0.2) is 31.1 Å². The average Bonchev–Trinajstić information content (AvgIpc) is 3.08. The zero-order chi connectivity index (χ0) is 14.5. The Morgan fingerprint density at radius 2 is 2.00 bits per heavy atom. The Labute approximate surface area is 120 Å². The third-order valence-electron chi connectivity index (χ3n) is 2.90. The van der Waals surface area contributed by atoms with Gasteiger partial charge in [0.2, 0.25) is 0 Å². The molecule has 1 amide bonds. The molecule has 0 aliphatic carbocycles. The smallest absolute Gasteiger partial charge is 0.253 e. The molecule has 0 aliphatic rings. The molecule has 7 heteroatoms. The van der Waals surface area contributed by atoms with Crippen LogP contribution in [0.4, 0.5) is 0 Å². The van der Waals surface area contributed by atoms with Gasteiger partial charge in [0, 0.05) is 6.20 Å². The van der Waals surface area contributed by atoms with E-state index >= 15 is 0 Å². The first kappa shape index (κ1) is 12.9. The predicted molar refractivity (Wildman–Crippen MR) is 74.6 cm³/mol. The van der Waals surface area contributed by atoms with Gasteiger partial charge in [-0.1, -0.05) is 18.2 Å². The Morgan fingerprint density at radius 3 is 2.76 bits per heavy atom. The number of carbonyl (C=O) groups excluding carboxylic acids is 1. The number of carbonyl (C=O) groups is 1. The molecule has 0 saturated carbocycles. The lowest BCUT2D eigenvalue weighted by Crippen LogP contribution is -2.24. The average molecular weight is 280 g/mol. The molecular weight excluding hydrogens is 268 g/mol. The molecule has 1 N–H and O–H groups in total. The number of nitrogens with one attached hydrogen (secondary N) is 1. The van der Waals surface area contributed by atoms with E-state index in [1.165, 1.54) is 11.0 Å². The number of tetrazole rings is 1. The van der Waals surface area contributed by atoms with Crippen molar-refractivity contribution in [2.24, 2.45) is 0 Å². The van der Waals surface area contributed by atoms with Crippen molar-refractivity contribution < 1.29 is 4.79 Å². The van der Waals surface area contributed by atoms with E-state index < -0.39 is 0 Å². The van der Waals surface area contributed by atoms with Gasteiger partial charge in [-0.05, 0) is 34.7 Å². The van der Waals surface area contributed by atoms with Crippen molar-refractivity contribution in [1.82, 2.24) is 30.5 Å². The van der Waals surface area contributed by atoms with Crippen molar-refractivity contribution in [2.75, 3.05) is 0 Å². The second-order valence-electron chi connectivity index (χ2n) is 4.28. The van der Waals surface area contributed by atoms with Crippen LogP contribution in [0.5, 0.6) is 0 Å². The third-order valence-corrected chi connectivity index (χ3v) is 2.90. The maximum Gasteiger partial charge on any atom is 0.253 e. The van der Waals surface area contributed by atoms with Crippen LogP contribution in [0.1, 0.15) is 16.1 Å². The number of nitrogens with zero attached hydrogens (tertiary/aromatic N) is 5. The maximum absolute atomic E-state index is 12.3. The van der Waals surface area contributed by atoms with Crippen molar-refractivity contribution in [1.29, 1.82) is 0 Å². The van der Waals surface area contributed by atoms with Crippen LogP contribution in [0.3, 0.4) is 0 Å². The normalized spacial score (nSPS) is 10.3. The highest BCUT2D eigenvalue weighted by Gasteiger charge is 2.12. The van der Waals surface area contributed by atoms with E-state index in [4.69, 9.17) is 0 Å². The number of hydrogen-bond donors (Lipinski definition) is 1. The van der Waals surface area contributed by atoms with Crippen molar-refractivity contribution in [2.45, 2.75) is 6.54 Å². The Balaban J connectivity index is 1.79. The number of amides is 1. The Morgan fingerprint density at radius 1 is 1.14 bits per heavy atom. The number of aromatic nitrogens is 5. The summed E-state index contributed by atoms with van der Waals surface area (Å²) in [6.07, 6.45) is 3.14. The highest BCUT2D eigenvalue weighted by Crippen LogP contribution is 2.12. The standard InChI is InChI=1S/C14H12N6O/c21-14(16-9-11-5-3-4-8-15-11)12-6-1-2-7-13(12)20-10-17-18-19-20/h1-8,10H,9H2,(H,16,21). The zero-order valence-electron chi connectivity index (χ0n) is 11.0. The van der Waals surface area contributed by atoms with Crippen LogP contribution in [0, 0.1) is 0 Å². The summed E-state index contributed by atoms with van der Waals surface area (Å²) in [5, 5.41) is 13.8. The van der Waals surface area contributed by atoms with Gasteiger partial charge in [0.25, 0.3) is 5.91 Å². The largest absolute Gasteiger partial charge is 0.346 e. The van der Waals surface area contributed by atoms with E-state index in [0.29, 0.717) is 17.8 Å². The van der Waals surface area contributed by atoms with Gasteiger partial charge in [-0.2, -0.15) is 4.68 Å². The molecule has 2 aromatic heterocycles. The highest BCUT2D eigenvalue weighted by atomic mass is 16.1. The molecule has 3 aromatic rings. The fourth-order valence-electron chi connectivity index (χ4n) is 1.91. The van der Waals surface area contributed by atoms with E-state index in [1.807, 2.05) is 24.3 Å². The molecule has 104 valence electrons. The fraction of sp³-hybridized carbons (Fsp3) is 0.0714. The molecule has 3 rings (SSSR count). The number of para-hydroxylation sites is 1. The summed E-state index contributed by atoms with van der Waals surface area (Å²) in [4.78, 5) is 16.5. The van der Waals surface area contributed by atoms with Crippen LogP contribution in [0.25, 0.3) is 5.69 Å². The SMILES string of the molecule is O=C(NCc1ccccn1)c1ccccc1-n1cnnn1.